The Hall–Kier alpha value is -2.94. The summed E-state index contributed by atoms with van der Waals surface area (Å²) in [6, 6.07) is 18.2. The van der Waals surface area contributed by atoms with Gasteiger partial charge in [0.1, 0.15) is 0 Å². The van der Waals surface area contributed by atoms with Crippen molar-refractivity contribution in [3.63, 3.8) is 0 Å². The van der Waals surface area contributed by atoms with E-state index in [1.807, 2.05) is 42.5 Å². The van der Waals surface area contributed by atoms with Gasteiger partial charge in [-0.2, -0.15) is 10.2 Å². The van der Waals surface area contributed by atoms with E-state index < -0.39 is 0 Å². The van der Waals surface area contributed by atoms with E-state index in [1.54, 1.807) is 0 Å². The fraction of sp³-hybridized carbons (Fsp3) is 0.167. The number of hydrogen-bond acceptors (Lipinski definition) is 3. The molecule has 134 valence electrons. The van der Waals surface area contributed by atoms with Crippen LogP contribution in [0, 0.1) is 12.3 Å². The van der Waals surface area contributed by atoms with Crippen molar-refractivity contribution in [1.29, 1.82) is 0 Å². The lowest BCUT2D eigenvalue weighted by Gasteiger charge is -2.28. The summed E-state index contributed by atoms with van der Waals surface area (Å²) in [5.41, 5.74) is 4.40. The first-order valence-electron chi connectivity index (χ1n) is 9.38. The van der Waals surface area contributed by atoms with Gasteiger partial charge in [0.15, 0.2) is 0 Å². The zero-order valence-electron chi connectivity index (χ0n) is 15.3. The summed E-state index contributed by atoms with van der Waals surface area (Å²) in [6.07, 6.45) is 15.3. The summed E-state index contributed by atoms with van der Waals surface area (Å²) < 4.78 is 0. The van der Waals surface area contributed by atoms with Crippen LogP contribution in [0.5, 0.6) is 0 Å². The molecule has 4 rings (SSSR count). The number of rotatable bonds is 7. The van der Waals surface area contributed by atoms with Crippen LogP contribution in [0.1, 0.15) is 12.8 Å². The second-order valence-electron chi connectivity index (χ2n) is 6.82. The third kappa shape index (κ3) is 4.82. The fourth-order valence-corrected chi connectivity index (χ4v) is 3.29. The number of nitrogens with zero attached hydrogens (tertiary/aromatic N) is 3. The van der Waals surface area contributed by atoms with Gasteiger partial charge in [0.25, 0.3) is 0 Å². The molecular weight excluding hydrogens is 330 g/mol. The standard InChI is InChI=1S/C24H23N3/c1-2-12-22(13-3-1)25-26-23-14-16-24(17-15-23)27(18-20-8-4-5-9-20)19-21-10-6-7-11-21/h1-8,10,12-17H,9,11,18-19H2. The SMILES string of the molecule is [CH]1C=CC[C]1CN(CC1=CC=CC1)c1ccc(N=Nc2ccccc2)cc1. The van der Waals surface area contributed by atoms with Crippen molar-refractivity contribution in [2.24, 2.45) is 10.2 Å². The predicted octanol–water partition coefficient (Wildman–Crippen LogP) is 6.53. The predicted molar refractivity (Wildman–Crippen MR) is 112 cm³/mol. The zero-order valence-corrected chi connectivity index (χ0v) is 15.3. The molecule has 0 atom stereocenters. The largest absolute Gasteiger partial charge is 0.367 e. The van der Waals surface area contributed by atoms with E-state index in [-0.39, 0.29) is 0 Å². The van der Waals surface area contributed by atoms with Gasteiger partial charge in [-0.15, -0.1) is 0 Å². The van der Waals surface area contributed by atoms with Gasteiger partial charge in [0.05, 0.1) is 11.4 Å². The van der Waals surface area contributed by atoms with Crippen molar-refractivity contribution in [2.45, 2.75) is 12.8 Å². The molecule has 0 N–H and O–H groups in total. The van der Waals surface area contributed by atoms with Crippen LogP contribution in [-0.4, -0.2) is 13.1 Å². The van der Waals surface area contributed by atoms with Crippen LogP contribution >= 0.6 is 0 Å². The summed E-state index contributed by atoms with van der Waals surface area (Å²) in [6.45, 7) is 1.91. The van der Waals surface area contributed by atoms with Crippen LogP contribution in [0.2, 0.25) is 0 Å². The van der Waals surface area contributed by atoms with Gasteiger partial charge in [-0.1, -0.05) is 48.6 Å². The molecule has 0 heterocycles. The van der Waals surface area contributed by atoms with Gasteiger partial charge in [-0.3, -0.25) is 0 Å². The lowest BCUT2D eigenvalue weighted by molar-refractivity contribution is 0.818. The molecule has 0 bridgehead atoms. The Balaban J connectivity index is 1.46. The number of azo groups is 1. The van der Waals surface area contributed by atoms with Gasteiger partial charge in [0.2, 0.25) is 0 Å². The molecule has 0 saturated carbocycles. The van der Waals surface area contributed by atoms with Crippen LogP contribution < -0.4 is 4.90 Å². The van der Waals surface area contributed by atoms with E-state index in [2.05, 4.69) is 64.1 Å². The Bertz CT molecular complexity index is 852. The van der Waals surface area contributed by atoms with Crippen LogP contribution in [0.4, 0.5) is 17.1 Å². The lowest BCUT2D eigenvalue weighted by Crippen LogP contribution is -2.29. The Kier molecular flexibility index (Phi) is 5.58. The Morgan fingerprint density at radius 1 is 0.741 bits per heavy atom. The topological polar surface area (TPSA) is 28.0 Å². The van der Waals surface area contributed by atoms with Crippen molar-refractivity contribution >= 4 is 17.1 Å². The second-order valence-corrected chi connectivity index (χ2v) is 6.82. The Labute approximate surface area is 161 Å². The smallest absolute Gasteiger partial charge is 0.0858 e. The molecule has 2 aromatic rings. The van der Waals surface area contributed by atoms with Crippen LogP contribution in [0.25, 0.3) is 0 Å². The summed E-state index contributed by atoms with van der Waals surface area (Å²) in [4.78, 5) is 2.44. The molecule has 0 aromatic heterocycles. The summed E-state index contributed by atoms with van der Waals surface area (Å²) in [5, 5.41) is 8.64. The monoisotopic (exact) mass is 353 g/mol. The van der Waals surface area contributed by atoms with Crippen LogP contribution in [0.3, 0.4) is 0 Å². The van der Waals surface area contributed by atoms with E-state index in [4.69, 9.17) is 0 Å². The highest BCUT2D eigenvalue weighted by atomic mass is 15.1. The zero-order chi connectivity index (χ0) is 18.3. The van der Waals surface area contributed by atoms with Crippen molar-refractivity contribution < 1.29 is 0 Å². The normalized spacial score (nSPS) is 16.4. The average Bonchev–Trinajstić information content (AvgIpc) is 3.41. The maximum Gasteiger partial charge on any atom is 0.0858 e. The molecule has 2 aliphatic rings. The van der Waals surface area contributed by atoms with Gasteiger partial charge in [0, 0.05) is 24.7 Å². The summed E-state index contributed by atoms with van der Waals surface area (Å²) in [7, 11) is 0. The molecule has 2 radical (unpaired) electrons. The van der Waals surface area contributed by atoms with Crippen molar-refractivity contribution in [3.05, 3.63) is 103 Å². The molecule has 27 heavy (non-hydrogen) atoms. The van der Waals surface area contributed by atoms with E-state index in [0.717, 1.165) is 37.3 Å². The highest BCUT2D eigenvalue weighted by molar-refractivity contribution is 5.55. The van der Waals surface area contributed by atoms with E-state index in [9.17, 15) is 0 Å². The molecular formula is C24H23N3. The summed E-state index contributed by atoms with van der Waals surface area (Å²) in [5.74, 6) is 1.45. The Morgan fingerprint density at radius 2 is 1.48 bits per heavy atom. The minimum Gasteiger partial charge on any atom is -0.367 e. The van der Waals surface area contributed by atoms with Crippen molar-refractivity contribution in [2.75, 3.05) is 18.0 Å². The first-order chi connectivity index (χ1) is 13.4. The first kappa shape index (κ1) is 17.5. The molecule has 3 heteroatoms. The van der Waals surface area contributed by atoms with Gasteiger partial charge in [-0.05, 0) is 61.2 Å². The maximum atomic E-state index is 4.35. The first-order valence-corrected chi connectivity index (χ1v) is 9.38. The molecule has 0 fully saturated rings. The van der Waals surface area contributed by atoms with Crippen molar-refractivity contribution in [1.82, 2.24) is 0 Å². The van der Waals surface area contributed by atoms with Crippen molar-refractivity contribution in [3.8, 4) is 0 Å². The summed E-state index contributed by atoms with van der Waals surface area (Å²) >= 11 is 0. The molecule has 2 aromatic carbocycles. The number of allylic oxidation sites excluding steroid dienone is 5. The lowest BCUT2D eigenvalue weighted by atomic mass is 10.1. The molecule has 0 amide bonds. The quantitative estimate of drug-likeness (QED) is 0.520. The fourth-order valence-electron chi connectivity index (χ4n) is 3.29. The minimum atomic E-state index is 0.865. The van der Waals surface area contributed by atoms with Crippen LogP contribution in [0.15, 0.2) is 101 Å². The molecule has 0 spiro atoms. The van der Waals surface area contributed by atoms with E-state index >= 15 is 0 Å². The second kappa shape index (κ2) is 8.63. The highest BCUT2D eigenvalue weighted by Gasteiger charge is 2.18. The van der Waals surface area contributed by atoms with E-state index in [0.29, 0.717) is 0 Å². The molecule has 0 unspecified atom stereocenters. The minimum absolute atomic E-state index is 0.865. The van der Waals surface area contributed by atoms with Gasteiger partial charge in [-0.25, -0.2) is 0 Å². The maximum absolute atomic E-state index is 4.35. The van der Waals surface area contributed by atoms with Gasteiger partial charge >= 0.3 is 0 Å². The van der Waals surface area contributed by atoms with Crippen LogP contribution in [-0.2, 0) is 0 Å². The number of anilines is 1. The number of hydrogen-bond donors (Lipinski definition) is 0. The third-order valence-corrected chi connectivity index (χ3v) is 4.74. The third-order valence-electron chi connectivity index (χ3n) is 4.74. The number of benzene rings is 2. The molecule has 0 aliphatic heterocycles. The molecule has 3 nitrogen and oxygen atoms in total. The molecule has 0 saturated heterocycles. The van der Waals surface area contributed by atoms with Gasteiger partial charge < -0.3 is 4.90 Å². The Morgan fingerprint density at radius 3 is 2.15 bits per heavy atom. The molecule has 2 aliphatic carbocycles. The highest BCUT2D eigenvalue weighted by Crippen LogP contribution is 2.28. The average molecular weight is 353 g/mol. The van der Waals surface area contributed by atoms with E-state index in [1.165, 1.54) is 17.2 Å².